The van der Waals surface area contributed by atoms with Gasteiger partial charge in [-0.1, -0.05) is 18.5 Å². The highest BCUT2D eigenvalue weighted by atomic mass is 35.5. The van der Waals surface area contributed by atoms with E-state index in [-0.39, 0.29) is 0 Å². The molecule has 7 heteroatoms. The summed E-state index contributed by atoms with van der Waals surface area (Å²) in [6.45, 7) is 8.49. The summed E-state index contributed by atoms with van der Waals surface area (Å²) in [5, 5.41) is 3.61. The van der Waals surface area contributed by atoms with Gasteiger partial charge in [-0.15, -0.1) is 0 Å². The standard InChI is InChI=1S/C17H28ClN5O/c1-13(12-23-8-6-22(2)7-9-23)11-20-17(19)21-14-4-5-16(24-3)15(18)10-14/h4-5,10,13H,6-9,11-12H2,1-3H3,(H3,19,20,21). The first kappa shape index (κ1) is 18.8. The maximum Gasteiger partial charge on any atom is 0.193 e. The maximum absolute atomic E-state index is 6.10. The lowest BCUT2D eigenvalue weighted by Crippen LogP contribution is -2.46. The SMILES string of the molecule is COc1ccc(NC(N)=NCC(C)CN2CCN(C)CC2)cc1Cl. The topological polar surface area (TPSA) is 66.1 Å². The molecule has 6 nitrogen and oxygen atoms in total. The predicted molar refractivity (Wildman–Crippen MR) is 101 cm³/mol. The molecule has 1 aromatic carbocycles. The molecule has 0 aromatic heterocycles. The number of nitrogens with two attached hydrogens (primary N) is 1. The van der Waals surface area contributed by atoms with Gasteiger partial charge in [-0.3, -0.25) is 4.99 Å². The van der Waals surface area contributed by atoms with Crippen molar-refractivity contribution in [2.75, 3.05) is 58.7 Å². The van der Waals surface area contributed by atoms with Crippen molar-refractivity contribution in [3.8, 4) is 5.75 Å². The van der Waals surface area contributed by atoms with Crippen LogP contribution in [0, 0.1) is 5.92 Å². The van der Waals surface area contributed by atoms with Gasteiger partial charge in [0.25, 0.3) is 0 Å². The van der Waals surface area contributed by atoms with Crippen LogP contribution in [0.5, 0.6) is 5.75 Å². The number of halogens is 1. The molecule has 1 unspecified atom stereocenters. The van der Waals surface area contributed by atoms with Crippen LogP contribution in [0.3, 0.4) is 0 Å². The third kappa shape index (κ3) is 5.85. The van der Waals surface area contributed by atoms with E-state index in [1.807, 2.05) is 6.07 Å². The quantitative estimate of drug-likeness (QED) is 0.604. The lowest BCUT2D eigenvalue weighted by atomic mass is 10.1. The number of nitrogens with one attached hydrogen (secondary N) is 1. The van der Waals surface area contributed by atoms with Gasteiger partial charge < -0.3 is 25.6 Å². The largest absolute Gasteiger partial charge is 0.495 e. The van der Waals surface area contributed by atoms with Crippen LogP contribution in [0.15, 0.2) is 23.2 Å². The molecule has 0 amide bonds. The molecule has 1 atom stereocenters. The molecule has 24 heavy (non-hydrogen) atoms. The summed E-state index contributed by atoms with van der Waals surface area (Å²) < 4.78 is 5.13. The van der Waals surface area contributed by atoms with E-state index in [4.69, 9.17) is 22.1 Å². The predicted octanol–water partition coefficient (Wildman–Crippen LogP) is 1.96. The van der Waals surface area contributed by atoms with Crippen LogP contribution in [0.4, 0.5) is 5.69 Å². The van der Waals surface area contributed by atoms with Crippen molar-refractivity contribution < 1.29 is 4.74 Å². The first-order valence-corrected chi connectivity index (χ1v) is 8.67. The summed E-state index contributed by atoms with van der Waals surface area (Å²) in [6.07, 6.45) is 0. The number of methoxy groups -OCH3 is 1. The molecule has 1 heterocycles. The van der Waals surface area contributed by atoms with Crippen molar-refractivity contribution >= 4 is 23.2 Å². The zero-order valence-corrected chi connectivity index (χ0v) is 15.5. The van der Waals surface area contributed by atoms with Gasteiger partial charge in [-0.05, 0) is 31.2 Å². The molecule has 1 fully saturated rings. The average molecular weight is 354 g/mol. The molecular weight excluding hydrogens is 326 g/mol. The van der Waals surface area contributed by atoms with Gasteiger partial charge in [0.05, 0.1) is 12.1 Å². The maximum atomic E-state index is 6.10. The summed E-state index contributed by atoms with van der Waals surface area (Å²) in [5.41, 5.74) is 6.77. The second kappa shape index (κ2) is 9.11. The Morgan fingerprint density at radius 1 is 1.38 bits per heavy atom. The number of hydrogen-bond donors (Lipinski definition) is 2. The highest BCUT2D eigenvalue weighted by molar-refractivity contribution is 6.32. The van der Waals surface area contributed by atoms with Gasteiger partial charge in [-0.2, -0.15) is 0 Å². The molecule has 1 aliphatic rings. The number of anilines is 1. The fourth-order valence-electron chi connectivity index (χ4n) is 2.71. The Bertz CT molecular complexity index is 558. The molecule has 1 aromatic rings. The molecule has 3 N–H and O–H groups in total. The molecule has 0 saturated carbocycles. The number of aliphatic imine (C=N–C) groups is 1. The van der Waals surface area contributed by atoms with E-state index >= 15 is 0 Å². The van der Waals surface area contributed by atoms with Crippen LogP contribution in [0.1, 0.15) is 6.92 Å². The molecule has 2 rings (SSSR count). The van der Waals surface area contributed by atoms with E-state index in [9.17, 15) is 0 Å². The van der Waals surface area contributed by atoms with Crippen LogP contribution in [-0.4, -0.2) is 69.2 Å². The lowest BCUT2D eigenvalue weighted by molar-refractivity contribution is 0.140. The average Bonchev–Trinajstić information content (AvgIpc) is 2.55. The van der Waals surface area contributed by atoms with E-state index in [1.54, 1.807) is 19.2 Å². The Morgan fingerprint density at radius 3 is 2.71 bits per heavy atom. The minimum Gasteiger partial charge on any atom is -0.495 e. The van der Waals surface area contributed by atoms with Gasteiger partial charge in [-0.25, -0.2) is 0 Å². The fourth-order valence-corrected chi connectivity index (χ4v) is 2.97. The fraction of sp³-hybridized carbons (Fsp3) is 0.588. The Kier molecular flexibility index (Phi) is 7.15. The van der Waals surface area contributed by atoms with Crippen LogP contribution < -0.4 is 15.8 Å². The zero-order valence-electron chi connectivity index (χ0n) is 14.8. The Morgan fingerprint density at radius 2 is 2.08 bits per heavy atom. The van der Waals surface area contributed by atoms with Crippen molar-refractivity contribution in [2.45, 2.75) is 6.92 Å². The monoisotopic (exact) mass is 353 g/mol. The van der Waals surface area contributed by atoms with Crippen LogP contribution in [-0.2, 0) is 0 Å². The molecule has 0 aliphatic carbocycles. The molecule has 1 aliphatic heterocycles. The Hall–Kier alpha value is -1.50. The Labute approximate surface area is 149 Å². The van der Waals surface area contributed by atoms with E-state index in [0.29, 0.717) is 29.2 Å². The number of piperazine rings is 1. The van der Waals surface area contributed by atoms with Crippen molar-refractivity contribution in [3.05, 3.63) is 23.2 Å². The van der Waals surface area contributed by atoms with Gasteiger partial charge in [0.1, 0.15) is 5.75 Å². The number of benzene rings is 1. The van der Waals surface area contributed by atoms with Gasteiger partial charge in [0.15, 0.2) is 5.96 Å². The zero-order chi connectivity index (χ0) is 17.5. The van der Waals surface area contributed by atoms with Crippen LogP contribution >= 0.6 is 11.6 Å². The summed E-state index contributed by atoms with van der Waals surface area (Å²) in [5.74, 6) is 1.51. The number of nitrogens with zero attached hydrogens (tertiary/aromatic N) is 3. The number of rotatable bonds is 6. The minimum absolute atomic E-state index is 0.404. The summed E-state index contributed by atoms with van der Waals surface area (Å²) in [7, 11) is 3.76. The van der Waals surface area contributed by atoms with E-state index in [2.05, 4.69) is 34.1 Å². The number of ether oxygens (including phenoxy) is 1. The first-order chi connectivity index (χ1) is 11.5. The number of guanidine groups is 1. The number of hydrogen-bond acceptors (Lipinski definition) is 4. The van der Waals surface area contributed by atoms with Crippen molar-refractivity contribution in [2.24, 2.45) is 16.6 Å². The van der Waals surface area contributed by atoms with Crippen molar-refractivity contribution in [3.63, 3.8) is 0 Å². The van der Waals surface area contributed by atoms with E-state index in [1.165, 1.54) is 0 Å². The summed E-state index contributed by atoms with van der Waals surface area (Å²) in [4.78, 5) is 9.30. The molecule has 0 bridgehead atoms. The summed E-state index contributed by atoms with van der Waals surface area (Å²) >= 11 is 6.10. The second-order valence-electron chi connectivity index (χ2n) is 6.41. The lowest BCUT2D eigenvalue weighted by Gasteiger charge is -2.33. The molecule has 134 valence electrons. The second-order valence-corrected chi connectivity index (χ2v) is 6.82. The first-order valence-electron chi connectivity index (χ1n) is 8.29. The van der Waals surface area contributed by atoms with Crippen molar-refractivity contribution in [1.29, 1.82) is 0 Å². The third-order valence-corrected chi connectivity index (χ3v) is 4.46. The van der Waals surface area contributed by atoms with Crippen LogP contribution in [0.2, 0.25) is 5.02 Å². The Balaban J connectivity index is 1.79. The van der Waals surface area contributed by atoms with Gasteiger partial charge in [0.2, 0.25) is 0 Å². The minimum atomic E-state index is 0.404. The summed E-state index contributed by atoms with van der Waals surface area (Å²) in [6, 6.07) is 5.44. The van der Waals surface area contributed by atoms with Gasteiger partial charge >= 0.3 is 0 Å². The molecule has 0 spiro atoms. The molecule has 0 radical (unpaired) electrons. The highest BCUT2D eigenvalue weighted by Gasteiger charge is 2.15. The van der Waals surface area contributed by atoms with Crippen LogP contribution in [0.25, 0.3) is 0 Å². The smallest absolute Gasteiger partial charge is 0.193 e. The normalized spacial score (nSPS) is 18.4. The van der Waals surface area contributed by atoms with Gasteiger partial charge in [0, 0.05) is 45.0 Å². The van der Waals surface area contributed by atoms with E-state index in [0.717, 1.165) is 38.4 Å². The molecule has 1 saturated heterocycles. The molecular formula is C17H28ClN5O. The highest BCUT2D eigenvalue weighted by Crippen LogP contribution is 2.27. The van der Waals surface area contributed by atoms with Crippen molar-refractivity contribution in [1.82, 2.24) is 9.80 Å². The van der Waals surface area contributed by atoms with E-state index < -0.39 is 0 Å². The number of likely N-dealkylation sites (N-methyl/N-ethyl adjacent to an activating group) is 1. The third-order valence-electron chi connectivity index (χ3n) is 4.16.